The van der Waals surface area contributed by atoms with Gasteiger partial charge in [-0.2, -0.15) is 5.10 Å². The van der Waals surface area contributed by atoms with Gasteiger partial charge in [0.25, 0.3) is 0 Å². The molecule has 20 heavy (non-hydrogen) atoms. The van der Waals surface area contributed by atoms with E-state index in [4.69, 9.17) is 5.73 Å². The minimum absolute atomic E-state index is 0.101. The SMILES string of the molecule is CC(C)n1ncnc1CN1CCN(C(C)(C)CN)CC1. The third-order valence-corrected chi connectivity index (χ3v) is 4.23. The van der Waals surface area contributed by atoms with Crippen molar-refractivity contribution in [2.75, 3.05) is 32.7 Å². The lowest BCUT2D eigenvalue weighted by Gasteiger charge is -2.43. The van der Waals surface area contributed by atoms with Crippen LogP contribution in [0, 0.1) is 0 Å². The zero-order valence-electron chi connectivity index (χ0n) is 13.2. The van der Waals surface area contributed by atoms with Crippen molar-refractivity contribution < 1.29 is 0 Å². The average molecular weight is 280 g/mol. The third kappa shape index (κ3) is 3.37. The van der Waals surface area contributed by atoms with Gasteiger partial charge in [-0.25, -0.2) is 9.67 Å². The second-order valence-electron chi connectivity index (χ2n) is 6.49. The molecular formula is C14H28N6. The third-order valence-electron chi connectivity index (χ3n) is 4.23. The Kier molecular flexibility index (Phi) is 4.78. The van der Waals surface area contributed by atoms with Gasteiger partial charge in [0, 0.05) is 44.3 Å². The first kappa shape index (κ1) is 15.4. The number of piperazine rings is 1. The van der Waals surface area contributed by atoms with Crippen LogP contribution in [0.2, 0.25) is 0 Å². The van der Waals surface area contributed by atoms with E-state index in [1.54, 1.807) is 6.33 Å². The van der Waals surface area contributed by atoms with Gasteiger partial charge in [-0.05, 0) is 27.7 Å². The predicted octanol–water partition coefficient (Wildman–Crippen LogP) is 0.714. The molecule has 0 unspecified atom stereocenters. The average Bonchev–Trinajstić information content (AvgIpc) is 2.88. The van der Waals surface area contributed by atoms with Crippen LogP contribution in [-0.2, 0) is 6.54 Å². The van der Waals surface area contributed by atoms with Crippen LogP contribution in [0.25, 0.3) is 0 Å². The number of aromatic nitrogens is 3. The van der Waals surface area contributed by atoms with Crippen LogP contribution in [0.15, 0.2) is 6.33 Å². The molecule has 2 N–H and O–H groups in total. The maximum absolute atomic E-state index is 5.86. The lowest BCUT2D eigenvalue weighted by atomic mass is 10.0. The van der Waals surface area contributed by atoms with Crippen molar-refractivity contribution in [3.63, 3.8) is 0 Å². The minimum atomic E-state index is 0.101. The second kappa shape index (κ2) is 6.20. The second-order valence-corrected chi connectivity index (χ2v) is 6.49. The van der Waals surface area contributed by atoms with E-state index >= 15 is 0 Å². The fraction of sp³-hybridized carbons (Fsp3) is 0.857. The molecule has 1 aliphatic rings. The van der Waals surface area contributed by atoms with Crippen LogP contribution < -0.4 is 5.73 Å². The van der Waals surface area contributed by atoms with Crippen molar-refractivity contribution in [1.82, 2.24) is 24.6 Å². The molecule has 0 bridgehead atoms. The van der Waals surface area contributed by atoms with Crippen LogP contribution in [0.3, 0.4) is 0 Å². The fourth-order valence-corrected chi connectivity index (χ4v) is 2.66. The number of hydrogen-bond donors (Lipinski definition) is 1. The Balaban J connectivity index is 1.90. The predicted molar refractivity (Wildman–Crippen MR) is 80.4 cm³/mol. The van der Waals surface area contributed by atoms with Gasteiger partial charge in [0.2, 0.25) is 0 Å². The van der Waals surface area contributed by atoms with Gasteiger partial charge in [0.15, 0.2) is 0 Å². The molecule has 0 saturated carbocycles. The van der Waals surface area contributed by atoms with Gasteiger partial charge in [-0.1, -0.05) is 0 Å². The van der Waals surface area contributed by atoms with Crippen molar-refractivity contribution in [1.29, 1.82) is 0 Å². The van der Waals surface area contributed by atoms with Crippen LogP contribution in [0.1, 0.15) is 39.6 Å². The summed E-state index contributed by atoms with van der Waals surface area (Å²) in [4.78, 5) is 9.33. The van der Waals surface area contributed by atoms with Gasteiger partial charge >= 0.3 is 0 Å². The van der Waals surface area contributed by atoms with Crippen LogP contribution in [0.4, 0.5) is 0 Å². The Morgan fingerprint density at radius 3 is 2.45 bits per heavy atom. The van der Waals surface area contributed by atoms with E-state index in [9.17, 15) is 0 Å². The summed E-state index contributed by atoms with van der Waals surface area (Å²) in [6.45, 7) is 14.6. The first-order valence-electron chi connectivity index (χ1n) is 7.50. The summed E-state index contributed by atoms with van der Waals surface area (Å²) in [5.74, 6) is 1.06. The van der Waals surface area contributed by atoms with E-state index in [1.165, 1.54) is 0 Å². The van der Waals surface area contributed by atoms with Gasteiger partial charge in [-0.3, -0.25) is 9.80 Å². The maximum Gasteiger partial charge on any atom is 0.141 e. The summed E-state index contributed by atoms with van der Waals surface area (Å²) in [5, 5.41) is 4.30. The van der Waals surface area contributed by atoms with E-state index in [-0.39, 0.29) is 5.54 Å². The number of nitrogens with two attached hydrogens (primary N) is 1. The minimum Gasteiger partial charge on any atom is -0.329 e. The summed E-state index contributed by atoms with van der Waals surface area (Å²) >= 11 is 0. The van der Waals surface area contributed by atoms with E-state index in [1.807, 2.05) is 4.68 Å². The number of nitrogens with zero attached hydrogens (tertiary/aromatic N) is 5. The Morgan fingerprint density at radius 1 is 1.25 bits per heavy atom. The molecule has 0 amide bonds. The largest absolute Gasteiger partial charge is 0.329 e. The summed E-state index contributed by atoms with van der Waals surface area (Å²) in [6, 6.07) is 0.366. The molecule has 0 aliphatic carbocycles. The Labute approximate surface area is 121 Å². The van der Waals surface area contributed by atoms with Gasteiger partial charge in [0.1, 0.15) is 12.2 Å². The lowest BCUT2D eigenvalue weighted by molar-refractivity contribution is 0.0520. The highest BCUT2D eigenvalue weighted by Crippen LogP contribution is 2.17. The highest BCUT2D eigenvalue weighted by atomic mass is 15.4. The Morgan fingerprint density at radius 2 is 1.90 bits per heavy atom. The first-order chi connectivity index (χ1) is 9.44. The van der Waals surface area contributed by atoms with E-state index in [0.717, 1.165) is 38.5 Å². The smallest absolute Gasteiger partial charge is 0.141 e. The lowest BCUT2D eigenvalue weighted by Crippen LogP contribution is -2.57. The van der Waals surface area contributed by atoms with E-state index < -0.39 is 0 Å². The molecule has 2 rings (SSSR count). The van der Waals surface area contributed by atoms with E-state index in [2.05, 4.69) is 47.6 Å². The summed E-state index contributed by atoms with van der Waals surface area (Å²) < 4.78 is 2.01. The molecule has 1 aromatic rings. The standard InChI is InChI=1S/C14H28N6/c1-12(2)20-13(16-11-17-20)9-18-5-7-19(8-6-18)14(3,4)10-15/h11-12H,5-10,15H2,1-4H3. The fourth-order valence-electron chi connectivity index (χ4n) is 2.66. The van der Waals surface area contributed by atoms with Crippen LogP contribution >= 0.6 is 0 Å². The van der Waals surface area contributed by atoms with E-state index in [0.29, 0.717) is 12.6 Å². The summed E-state index contributed by atoms with van der Waals surface area (Å²) in [6.07, 6.45) is 1.66. The molecule has 2 heterocycles. The van der Waals surface area contributed by atoms with Crippen molar-refractivity contribution in [2.24, 2.45) is 5.73 Å². The highest BCUT2D eigenvalue weighted by Gasteiger charge is 2.29. The molecule has 1 saturated heterocycles. The van der Waals surface area contributed by atoms with Crippen molar-refractivity contribution >= 4 is 0 Å². The molecule has 6 nitrogen and oxygen atoms in total. The van der Waals surface area contributed by atoms with Gasteiger partial charge in [0.05, 0.1) is 6.54 Å². The highest BCUT2D eigenvalue weighted by molar-refractivity contribution is 4.90. The molecule has 0 spiro atoms. The Bertz CT molecular complexity index is 417. The molecule has 1 aliphatic heterocycles. The monoisotopic (exact) mass is 280 g/mol. The topological polar surface area (TPSA) is 63.2 Å². The molecule has 114 valence electrons. The van der Waals surface area contributed by atoms with Gasteiger partial charge < -0.3 is 5.73 Å². The summed E-state index contributed by atoms with van der Waals surface area (Å²) in [5.41, 5.74) is 5.96. The Hall–Kier alpha value is -0.980. The molecule has 0 aromatic carbocycles. The van der Waals surface area contributed by atoms with Crippen LogP contribution in [-0.4, -0.2) is 62.8 Å². The maximum atomic E-state index is 5.86. The normalized spacial score (nSPS) is 18.9. The molecule has 0 radical (unpaired) electrons. The zero-order valence-corrected chi connectivity index (χ0v) is 13.2. The zero-order chi connectivity index (χ0) is 14.8. The van der Waals surface area contributed by atoms with Gasteiger partial charge in [-0.15, -0.1) is 0 Å². The van der Waals surface area contributed by atoms with Crippen molar-refractivity contribution in [3.05, 3.63) is 12.2 Å². The van der Waals surface area contributed by atoms with Crippen molar-refractivity contribution in [2.45, 2.75) is 45.8 Å². The van der Waals surface area contributed by atoms with Crippen LogP contribution in [0.5, 0.6) is 0 Å². The van der Waals surface area contributed by atoms with Crippen molar-refractivity contribution in [3.8, 4) is 0 Å². The molecular weight excluding hydrogens is 252 g/mol. The first-order valence-corrected chi connectivity index (χ1v) is 7.50. The number of hydrogen-bond acceptors (Lipinski definition) is 5. The molecule has 0 atom stereocenters. The number of rotatable bonds is 5. The quantitative estimate of drug-likeness (QED) is 0.861. The molecule has 1 aromatic heterocycles. The molecule has 6 heteroatoms. The molecule has 1 fully saturated rings. The summed E-state index contributed by atoms with van der Waals surface area (Å²) in [7, 11) is 0.